The van der Waals surface area contributed by atoms with Crippen molar-refractivity contribution in [2.75, 3.05) is 66.9 Å². The molecule has 7 heteroatoms. The third-order valence-corrected chi connectivity index (χ3v) is 11.4. The van der Waals surface area contributed by atoms with Gasteiger partial charge in [-0.3, -0.25) is 4.79 Å². The smallest absolute Gasteiger partial charge is 0.305 e. The van der Waals surface area contributed by atoms with Crippen LogP contribution in [0.5, 0.6) is 0 Å². The van der Waals surface area contributed by atoms with E-state index in [0.717, 1.165) is 45.3 Å². The van der Waals surface area contributed by atoms with Gasteiger partial charge in [0.2, 0.25) is 0 Å². The summed E-state index contributed by atoms with van der Waals surface area (Å²) in [7, 11) is 4.08. The summed E-state index contributed by atoms with van der Waals surface area (Å²) in [5.41, 5.74) is -0.787. The van der Waals surface area contributed by atoms with Gasteiger partial charge in [0.1, 0.15) is 6.61 Å². The van der Waals surface area contributed by atoms with Crippen LogP contribution >= 0.6 is 0 Å². The molecule has 1 N–H and O–H groups in total. The van der Waals surface area contributed by atoms with Gasteiger partial charge in [0, 0.05) is 39.4 Å². The maximum atomic E-state index is 12.2. The van der Waals surface area contributed by atoms with Crippen LogP contribution in [0.2, 0.25) is 0 Å². The summed E-state index contributed by atoms with van der Waals surface area (Å²) in [6.07, 6.45) is 49.6. The lowest BCUT2D eigenvalue weighted by Gasteiger charge is -2.28. The van der Waals surface area contributed by atoms with Gasteiger partial charge in [-0.25, -0.2) is 0 Å². The Morgan fingerprint density at radius 3 is 1.31 bits per heavy atom. The van der Waals surface area contributed by atoms with Crippen LogP contribution in [0, 0.1) is 0 Å². The van der Waals surface area contributed by atoms with Crippen LogP contribution in [-0.4, -0.2) is 88.5 Å². The molecule has 59 heavy (non-hydrogen) atoms. The fraction of sp³-hybridized carbons (Fsp3) is 0.904. The molecular formula is C52H101NO6. The monoisotopic (exact) mass is 836 g/mol. The van der Waals surface area contributed by atoms with Gasteiger partial charge in [0.25, 0.3) is 0 Å². The molecule has 0 heterocycles. The van der Waals surface area contributed by atoms with Gasteiger partial charge in [-0.15, -0.1) is 0 Å². The maximum Gasteiger partial charge on any atom is 0.305 e. The minimum absolute atomic E-state index is 0.125. The van der Waals surface area contributed by atoms with E-state index < -0.39 is 5.60 Å². The van der Waals surface area contributed by atoms with Crippen molar-refractivity contribution in [3.05, 3.63) is 24.3 Å². The average molecular weight is 836 g/mol. The first-order valence-corrected chi connectivity index (χ1v) is 25.5. The molecule has 7 nitrogen and oxygen atoms in total. The van der Waals surface area contributed by atoms with Gasteiger partial charge in [0.15, 0.2) is 0 Å². The van der Waals surface area contributed by atoms with E-state index in [9.17, 15) is 9.90 Å². The van der Waals surface area contributed by atoms with E-state index >= 15 is 0 Å². The molecule has 0 saturated heterocycles. The van der Waals surface area contributed by atoms with Crippen molar-refractivity contribution < 1.29 is 28.8 Å². The van der Waals surface area contributed by atoms with Crippen molar-refractivity contribution in [1.82, 2.24) is 4.90 Å². The Labute approximate surface area is 367 Å². The minimum atomic E-state index is -0.787. The Balaban J connectivity index is 3.90. The van der Waals surface area contributed by atoms with E-state index in [0.29, 0.717) is 65.3 Å². The van der Waals surface area contributed by atoms with Crippen LogP contribution in [0.15, 0.2) is 24.3 Å². The van der Waals surface area contributed by atoms with Crippen molar-refractivity contribution in [3.63, 3.8) is 0 Å². The number of allylic oxidation sites excluding steroid dienone is 4. The lowest BCUT2D eigenvalue weighted by molar-refractivity contribution is -0.145. The number of likely N-dealkylation sites (N-methyl/N-ethyl adjacent to an activating group) is 1. The molecule has 0 aliphatic heterocycles. The van der Waals surface area contributed by atoms with Crippen LogP contribution < -0.4 is 0 Å². The van der Waals surface area contributed by atoms with Gasteiger partial charge >= 0.3 is 5.97 Å². The van der Waals surface area contributed by atoms with Crippen LogP contribution in [0.3, 0.4) is 0 Å². The van der Waals surface area contributed by atoms with E-state index in [1.165, 1.54) is 161 Å². The largest absolute Gasteiger partial charge is 0.463 e. The highest BCUT2D eigenvalue weighted by molar-refractivity contribution is 5.69. The highest BCUT2D eigenvalue weighted by Gasteiger charge is 2.26. The Kier molecular flexibility index (Phi) is 46.8. The van der Waals surface area contributed by atoms with E-state index in [2.05, 4.69) is 43.1 Å². The van der Waals surface area contributed by atoms with Crippen LogP contribution in [-0.2, 0) is 23.7 Å². The third-order valence-electron chi connectivity index (χ3n) is 11.4. The summed E-state index contributed by atoms with van der Waals surface area (Å²) in [5, 5.41) is 11.5. The fourth-order valence-electron chi connectivity index (χ4n) is 7.45. The first kappa shape index (κ1) is 57.8. The standard InChI is InChI=1S/C52H101NO6/c1-5-7-9-11-13-15-17-19-21-22-24-26-28-30-32-34-36-44-56-45-37-40-52(55,42-47-58-48-43-53(3)4)41-38-46-57-49-50-59-51(54)39-35-33-31-29-27-25-23-20-18-16-14-12-10-8-6-2/h19-21,23,55H,5-18,22,24-50H2,1-4H3/b21-19-,23-20-. The van der Waals surface area contributed by atoms with Gasteiger partial charge in [0.05, 0.1) is 18.8 Å². The number of esters is 1. The molecule has 0 saturated carbocycles. The number of aliphatic hydroxyl groups is 1. The second-order valence-corrected chi connectivity index (χ2v) is 17.7. The maximum absolute atomic E-state index is 12.2. The second kappa shape index (κ2) is 47.8. The summed E-state index contributed by atoms with van der Waals surface area (Å²) in [4.78, 5) is 14.3. The van der Waals surface area contributed by atoms with Gasteiger partial charge in [-0.1, -0.05) is 154 Å². The zero-order chi connectivity index (χ0) is 43.0. The number of nitrogens with zero attached hydrogens (tertiary/aromatic N) is 1. The number of ether oxygens (including phenoxy) is 4. The van der Waals surface area contributed by atoms with Crippen LogP contribution in [0.1, 0.15) is 232 Å². The van der Waals surface area contributed by atoms with Crippen molar-refractivity contribution in [2.45, 2.75) is 238 Å². The second-order valence-electron chi connectivity index (χ2n) is 17.7. The Morgan fingerprint density at radius 2 is 0.831 bits per heavy atom. The molecule has 1 atom stereocenters. The van der Waals surface area contributed by atoms with E-state index in [-0.39, 0.29) is 5.97 Å². The Morgan fingerprint density at radius 1 is 0.441 bits per heavy atom. The molecule has 0 fully saturated rings. The molecule has 0 aromatic heterocycles. The van der Waals surface area contributed by atoms with E-state index in [4.69, 9.17) is 18.9 Å². The predicted molar refractivity (Wildman–Crippen MR) is 254 cm³/mol. The van der Waals surface area contributed by atoms with Gasteiger partial charge < -0.3 is 29.0 Å². The Hall–Kier alpha value is -1.25. The fourth-order valence-corrected chi connectivity index (χ4v) is 7.45. The predicted octanol–water partition coefficient (Wildman–Crippen LogP) is 14.3. The number of hydrogen-bond donors (Lipinski definition) is 1. The minimum Gasteiger partial charge on any atom is -0.463 e. The summed E-state index contributed by atoms with van der Waals surface area (Å²) in [6.45, 7) is 9.38. The number of unbranched alkanes of at least 4 members (excludes halogenated alkanes) is 24. The molecule has 1 unspecified atom stereocenters. The van der Waals surface area contributed by atoms with Crippen molar-refractivity contribution in [2.24, 2.45) is 0 Å². The van der Waals surface area contributed by atoms with Crippen LogP contribution in [0.4, 0.5) is 0 Å². The molecule has 0 bridgehead atoms. The molecule has 350 valence electrons. The summed E-state index contributed by atoms with van der Waals surface area (Å²) < 4.78 is 23.0. The highest BCUT2D eigenvalue weighted by Crippen LogP contribution is 2.24. The summed E-state index contributed by atoms with van der Waals surface area (Å²) in [5.74, 6) is -0.125. The lowest BCUT2D eigenvalue weighted by atomic mass is 9.89. The summed E-state index contributed by atoms with van der Waals surface area (Å²) in [6, 6.07) is 0. The number of carbonyl (C=O) groups is 1. The Bertz CT molecular complexity index is 894. The van der Waals surface area contributed by atoms with Crippen molar-refractivity contribution in [1.29, 1.82) is 0 Å². The first-order chi connectivity index (χ1) is 28.9. The average Bonchev–Trinajstić information content (AvgIpc) is 3.22. The number of rotatable bonds is 49. The van der Waals surface area contributed by atoms with Crippen molar-refractivity contribution in [3.8, 4) is 0 Å². The third kappa shape index (κ3) is 47.6. The number of carbonyl (C=O) groups excluding carboxylic acids is 1. The van der Waals surface area contributed by atoms with E-state index in [1.807, 2.05) is 14.1 Å². The van der Waals surface area contributed by atoms with Gasteiger partial charge in [-0.2, -0.15) is 0 Å². The zero-order valence-electron chi connectivity index (χ0n) is 39.9. The molecule has 0 aliphatic rings. The zero-order valence-corrected chi connectivity index (χ0v) is 39.9. The molecule has 0 amide bonds. The van der Waals surface area contributed by atoms with Crippen molar-refractivity contribution >= 4 is 5.97 Å². The normalized spacial score (nSPS) is 13.1. The lowest BCUT2D eigenvalue weighted by Crippen LogP contribution is -2.32. The molecule has 0 spiro atoms. The SMILES string of the molecule is CCCCCCCC/C=C\CCCCCCCCCOCCCC(O)(CCCOCCOC(=O)CCCCCCC/C=C\CCCCCCCC)CCOCCN(C)C. The molecule has 0 aromatic carbocycles. The van der Waals surface area contributed by atoms with Gasteiger partial charge in [-0.05, 0) is 110 Å². The van der Waals surface area contributed by atoms with E-state index in [1.54, 1.807) is 0 Å². The number of hydrogen-bond acceptors (Lipinski definition) is 7. The molecule has 0 aromatic rings. The first-order valence-electron chi connectivity index (χ1n) is 25.5. The molecular weight excluding hydrogens is 735 g/mol. The highest BCUT2D eigenvalue weighted by atomic mass is 16.6. The topological polar surface area (TPSA) is 77.5 Å². The van der Waals surface area contributed by atoms with Crippen LogP contribution in [0.25, 0.3) is 0 Å². The summed E-state index contributed by atoms with van der Waals surface area (Å²) >= 11 is 0. The quantitative estimate of drug-likeness (QED) is 0.0371. The molecule has 0 radical (unpaired) electrons. The molecule has 0 rings (SSSR count). The molecule has 0 aliphatic carbocycles.